The molecule has 0 saturated carbocycles. The zero-order valence-corrected chi connectivity index (χ0v) is 15.7. The molecule has 0 unspecified atom stereocenters. The monoisotopic (exact) mass is 386 g/mol. The second-order valence-electron chi connectivity index (χ2n) is 2.68. The van der Waals surface area contributed by atoms with Gasteiger partial charge < -0.3 is 16.9 Å². The van der Waals surface area contributed by atoms with E-state index in [4.69, 9.17) is 9.11 Å². The summed E-state index contributed by atoms with van der Waals surface area (Å²) in [6.07, 6.45) is 0. The molecule has 0 spiro atoms. The van der Waals surface area contributed by atoms with Gasteiger partial charge in [0, 0.05) is 0 Å². The van der Waals surface area contributed by atoms with Gasteiger partial charge in [0.2, 0.25) is 10.4 Å². The quantitative estimate of drug-likeness (QED) is 0.119. The van der Waals surface area contributed by atoms with E-state index in [-0.39, 0.29) is 41.9 Å². The Morgan fingerprint density at radius 2 is 1.29 bits per heavy atom. The summed E-state index contributed by atoms with van der Waals surface area (Å²) < 4.78 is 88.1. The fourth-order valence-corrected chi connectivity index (χ4v) is 1.52. The zero-order valence-electron chi connectivity index (χ0n) is 11.3. The molecule has 126 valence electrons. The molecular weight excluding hydrogens is 371 g/mol. The van der Waals surface area contributed by atoms with Crippen molar-refractivity contribution in [1.29, 1.82) is 0 Å². The minimum Gasteiger partial charge on any atom is -0.724 e. The Labute approximate surface area is 144 Å². The molecule has 13 nitrogen and oxygen atoms in total. The number of hydrogen-bond donors (Lipinski definition) is 4. The Balaban J connectivity index is -0.0000000724. The van der Waals surface area contributed by atoms with Crippen molar-refractivity contribution in [1.82, 2.24) is 12.3 Å². The van der Waals surface area contributed by atoms with Crippen molar-refractivity contribution < 1.29 is 77.1 Å². The molecule has 0 saturated heterocycles. The predicted molar refractivity (Wildman–Crippen MR) is 64.4 cm³/mol. The first kappa shape index (κ1) is 33.0. The maximum Gasteiger partial charge on any atom is 1.00 e. The Kier molecular flexibility index (Phi) is 20.2. The number of allylic oxidation sites excluding steroid dienone is 1. The van der Waals surface area contributed by atoms with Crippen LogP contribution in [0.25, 0.3) is 0 Å². The van der Waals surface area contributed by atoms with Crippen molar-refractivity contribution in [3.05, 3.63) is 11.0 Å². The van der Waals surface area contributed by atoms with Gasteiger partial charge in [0.1, 0.15) is 0 Å². The minimum absolute atomic E-state index is 0. The van der Waals surface area contributed by atoms with Crippen LogP contribution in [0.2, 0.25) is 0 Å². The first-order valence-electron chi connectivity index (χ1n) is 3.56. The molecule has 0 bridgehead atoms. The second kappa shape index (κ2) is 12.8. The van der Waals surface area contributed by atoms with Crippen LogP contribution in [0, 0.1) is 0 Å². The Hall–Kier alpha value is 0.310. The van der Waals surface area contributed by atoms with Crippen LogP contribution < -0.4 is 41.9 Å². The maximum absolute atomic E-state index is 9.92. The van der Waals surface area contributed by atoms with E-state index in [0.717, 1.165) is 5.41 Å². The SMILES string of the molecule is CC(C)=CS(=O)(=O)O.N.N.O=S(=O)([O-])OOS(=O)(=O)O.[Na+]. The van der Waals surface area contributed by atoms with Crippen LogP contribution in [0.4, 0.5) is 0 Å². The van der Waals surface area contributed by atoms with E-state index in [2.05, 4.69) is 8.67 Å². The topological polar surface area (TPSA) is 254 Å². The van der Waals surface area contributed by atoms with Crippen LogP contribution in [-0.4, -0.2) is 38.9 Å². The van der Waals surface area contributed by atoms with E-state index < -0.39 is 30.9 Å². The van der Waals surface area contributed by atoms with Gasteiger partial charge in [0.05, 0.1) is 5.41 Å². The van der Waals surface area contributed by atoms with Gasteiger partial charge in [-0.2, -0.15) is 16.8 Å². The molecule has 0 amide bonds. The maximum atomic E-state index is 9.92. The number of rotatable bonds is 4. The summed E-state index contributed by atoms with van der Waals surface area (Å²) >= 11 is 0. The largest absolute Gasteiger partial charge is 1.00 e. The average Bonchev–Trinajstić information content (AvgIpc) is 1.94. The molecule has 0 atom stereocenters. The molecule has 21 heavy (non-hydrogen) atoms. The van der Waals surface area contributed by atoms with Gasteiger partial charge in [-0.3, -0.25) is 9.11 Å². The summed E-state index contributed by atoms with van der Waals surface area (Å²) in [6, 6.07) is 0. The molecule has 0 aromatic carbocycles. The van der Waals surface area contributed by atoms with Crippen molar-refractivity contribution >= 4 is 30.9 Å². The van der Waals surface area contributed by atoms with E-state index >= 15 is 0 Å². The summed E-state index contributed by atoms with van der Waals surface area (Å²) in [5.41, 5.74) is 0.563. The fourth-order valence-electron chi connectivity index (χ4n) is 0.367. The molecule has 0 aromatic heterocycles. The van der Waals surface area contributed by atoms with Gasteiger partial charge in [0.15, 0.2) is 0 Å². The zero-order chi connectivity index (χ0) is 15.2. The summed E-state index contributed by atoms with van der Waals surface area (Å²) in [7, 11) is -14.2. The van der Waals surface area contributed by atoms with Crippen LogP contribution in [0.15, 0.2) is 11.0 Å². The molecule has 0 aliphatic heterocycles. The minimum atomic E-state index is -5.27. The first-order chi connectivity index (χ1) is 7.62. The van der Waals surface area contributed by atoms with E-state index in [1.54, 1.807) is 13.8 Å². The van der Waals surface area contributed by atoms with Gasteiger partial charge in [0.25, 0.3) is 10.1 Å². The predicted octanol–water partition coefficient (Wildman–Crippen LogP) is -3.68. The first-order valence-corrected chi connectivity index (χ1v) is 7.76. The van der Waals surface area contributed by atoms with Gasteiger partial charge in [-0.15, -0.1) is 0 Å². The summed E-state index contributed by atoms with van der Waals surface area (Å²) in [4.78, 5) is 0. The van der Waals surface area contributed by atoms with E-state index in [0.29, 0.717) is 5.57 Å². The van der Waals surface area contributed by atoms with Crippen LogP contribution >= 0.6 is 0 Å². The molecule has 8 N–H and O–H groups in total. The second-order valence-corrected chi connectivity index (χ2v) is 5.89. The molecule has 0 radical (unpaired) electrons. The van der Waals surface area contributed by atoms with Gasteiger partial charge in [-0.25, -0.2) is 8.42 Å². The average molecular weight is 386 g/mol. The van der Waals surface area contributed by atoms with Crippen molar-refractivity contribution in [2.45, 2.75) is 13.8 Å². The van der Waals surface area contributed by atoms with Gasteiger partial charge in [-0.05, 0) is 13.8 Å². The Bertz CT molecular complexity index is 555. The molecular formula is C4H15N2NaO11S3. The standard InChI is InChI=1S/C4H8O3S.2H3N.Na.H2O8S2/c1-4(2)3-8(5,6)7;;;;1-9(2,3)7-8-10(4,5)6/h3H,1-2H3,(H,5,6,7);2*1H3;;(H,1,2,3)(H,4,5,6)/q;;;+1;/p-1. The normalized spacial score (nSPS) is 10.5. The number of hydrogen-bond acceptors (Lipinski definition) is 11. The van der Waals surface area contributed by atoms with Crippen LogP contribution in [-0.2, 0) is 39.6 Å². The third-order valence-corrected chi connectivity index (χ3v) is 1.91. The van der Waals surface area contributed by atoms with E-state index in [1.165, 1.54) is 0 Å². The van der Waals surface area contributed by atoms with Crippen LogP contribution in [0.5, 0.6) is 0 Å². The molecule has 0 heterocycles. The molecule has 0 aliphatic rings. The van der Waals surface area contributed by atoms with Crippen molar-refractivity contribution in [2.75, 3.05) is 0 Å². The molecule has 0 aromatic rings. The Morgan fingerprint density at radius 3 is 1.33 bits per heavy atom. The summed E-state index contributed by atoms with van der Waals surface area (Å²) in [5.74, 6) is 0. The third-order valence-electron chi connectivity index (χ3n) is 0.582. The van der Waals surface area contributed by atoms with Crippen molar-refractivity contribution in [2.24, 2.45) is 0 Å². The van der Waals surface area contributed by atoms with E-state index in [1.807, 2.05) is 0 Å². The summed E-state index contributed by atoms with van der Waals surface area (Å²) in [5, 5.41) is 0.799. The van der Waals surface area contributed by atoms with Crippen molar-refractivity contribution in [3.8, 4) is 0 Å². The van der Waals surface area contributed by atoms with Gasteiger partial charge in [-0.1, -0.05) is 14.2 Å². The molecule has 17 heteroatoms. The van der Waals surface area contributed by atoms with Crippen molar-refractivity contribution in [3.63, 3.8) is 0 Å². The smallest absolute Gasteiger partial charge is 0.724 e. The molecule has 0 rings (SSSR count). The summed E-state index contributed by atoms with van der Waals surface area (Å²) in [6.45, 7) is 3.18. The fraction of sp³-hybridized carbons (Fsp3) is 0.500. The third kappa shape index (κ3) is 44.9. The Morgan fingerprint density at radius 1 is 0.952 bits per heavy atom. The van der Waals surface area contributed by atoms with Crippen LogP contribution in [0.1, 0.15) is 13.8 Å². The molecule has 0 aliphatic carbocycles. The van der Waals surface area contributed by atoms with Gasteiger partial charge >= 0.3 is 40.0 Å². The molecule has 0 fully saturated rings. The van der Waals surface area contributed by atoms with Crippen LogP contribution in [0.3, 0.4) is 0 Å². The van der Waals surface area contributed by atoms with E-state index in [9.17, 15) is 29.8 Å².